The number of hydrogen-bond donors (Lipinski definition) is 2. The number of fused-ring (bicyclic) bond motifs is 1. The van der Waals surface area contributed by atoms with E-state index in [-0.39, 0.29) is 29.5 Å². The maximum Gasteiger partial charge on any atom is 0.410 e. The van der Waals surface area contributed by atoms with E-state index < -0.39 is 24.2 Å². The van der Waals surface area contributed by atoms with Crippen LogP contribution in [0.4, 0.5) is 19.0 Å². The summed E-state index contributed by atoms with van der Waals surface area (Å²) in [5, 5.41) is 9.97. The van der Waals surface area contributed by atoms with Gasteiger partial charge in [-0.25, -0.2) is 4.68 Å². The molecule has 168 valence electrons. The Kier molecular flexibility index (Phi) is 6.42. The summed E-state index contributed by atoms with van der Waals surface area (Å²) in [7, 11) is 0. The highest BCUT2D eigenvalue weighted by Crippen LogP contribution is 2.46. The number of aromatic nitrogens is 2. The standard InChI is InChI=1S/C21H16BrCl2F3N4O/c22-13-5-3-12(4-6-13)15-9-16(21(25,26)27)31-19(29-15)17(24)18(30-31)20(32)28-10-11-1-7-14(23)8-2-11/h1-8,15-16,29H,9-10H2,(H,28,32)/t15-,16-/m0/s1. The molecule has 2 heterocycles. The van der Waals surface area contributed by atoms with E-state index in [2.05, 4.69) is 31.7 Å². The van der Waals surface area contributed by atoms with Gasteiger partial charge in [0.2, 0.25) is 0 Å². The smallest absolute Gasteiger partial charge is 0.362 e. The Hall–Kier alpha value is -2.23. The SMILES string of the molecule is O=C(NCc1ccc(Cl)cc1)c1nn2c(c1Cl)N[C@H](c1ccc(Br)cc1)C[C@H]2C(F)(F)F. The average Bonchev–Trinajstić information content (AvgIpc) is 3.09. The number of nitrogens with zero attached hydrogens (tertiary/aromatic N) is 2. The number of nitrogens with one attached hydrogen (secondary N) is 2. The van der Waals surface area contributed by atoms with Crippen LogP contribution >= 0.6 is 39.1 Å². The summed E-state index contributed by atoms with van der Waals surface area (Å²) < 4.78 is 43.2. The van der Waals surface area contributed by atoms with Gasteiger partial charge in [0.25, 0.3) is 5.91 Å². The van der Waals surface area contributed by atoms with Gasteiger partial charge in [0, 0.05) is 22.5 Å². The summed E-state index contributed by atoms with van der Waals surface area (Å²) in [6.07, 6.45) is -4.86. The maximum atomic E-state index is 13.9. The highest BCUT2D eigenvalue weighted by atomic mass is 79.9. The quantitative estimate of drug-likeness (QED) is 0.390. The fraction of sp³-hybridized carbons (Fsp3) is 0.238. The number of hydrogen-bond acceptors (Lipinski definition) is 3. The Balaban J connectivity index is 1.62. The van der Waals surface area contributed by atoms with Gasteiger partial charge in [0.1, 0.15) is 10.8 Å². The number of anilines is 1. The number of halogens is 6. The van der Waals surface area contributed by atoms with Crippen LogP contribution in [-0.4, -0.2) is 21.9 Å². The van der Waals surface area contributed by atoms with Crippen molar-refractivity contribution in [3.63, 3.8) is 0 Å². The lowest BCUT2D eigenvalue weighted by molar-refractivity contribution is -0.173. The number of rotatable bonds is 4. The second-order valence-electron chi connectivity index (χ2n) is 7.31. The van der Waals surface area contributed by atoms with Crippen molar-refractivity contribution in [2.75, 3.05) is 5.32 Å². The van der Waals surface area contributed by atoms with Crippen LogP contribution in [0.5, 0.6) is 0 Å². The highest BCUT2D eigenvalue weighted by Gasteiger charge is 2.47. The molecule has 5 nitrogen and oxygen atoms in total. The first-order chi connectivity index (χ1) is 15.1. The molecule has 2 N–H and O–H groups in total. The predicted octanol–water partition coefficient (Wildman–Crippen LogP) is 6.54. The second-order valence-corrected chi connectivity index (χ2v) is 9.04. The zero-order valence-corrected chi connectivity index (χ0v) is 19.4. The Morgan fingerprint density at radius 3 is 2.44 bits per heavy atom. The topological polar surface area (TPSA) is 59.0 Å². The van der Waals surface area contributed by atoms with E-state index in [1.165, 1.54) is 0 Å². The summed E-state index contributed by atoms with van der Waals surface area (Å²) in [5.41, 5.74) is 1.16. The fourth-order valence-corrected chi connectivity index (χ4v) is 4.17. The van der Waals surface area contributed by atoms with Crippen molar-refractivity contribution in [2.45, 2.75) is 31.2 Å². The van der Waals surface area contributed by atoms with Gasteiger partial charge in [0.05, 0.1) is 6.04 Å². The Morgan fingerprint density at radius 2 is 1.81 bits per heavy atom. The van der Waals surface area contributed by atoms with Crippen LogP contribution in [0.1, 0.15) is 40.1 Å². The van der Waals surface area contributed by atoms with Crippen LogP contribution in [0.3, 0.4) is 0 Å². The summed E-state index contributed by atoms with van der Waals surface area (Å²) in [6.45, 7) is 0.145. The minimum absolute atomic E-state index is 0.0372. The third-order valence-electron chi connectivity index (χ3n) is 5.15. The van der Waals surface area contributed by atoms with E-state index in [0.29, 0.717) is 10.6 Å². The van der Waals surface area contributed by atoms with Crippen molar-refractivity contribution in [3.8, 4) is 0 Å². The molecule has 0 aliphatic carbocycles. The lowest BCUT2D eigenvalue weighted by Crippen LogP contribution is -2.35. The summed E-state index contributed by atoms with van der Waals surface area (Å²) >= 11 is 15.5. The molecule has 0 saturated heterocycles. The number of carbonyl (C=O) groups is 1. The van der Waals surface area contributed by atoms with Gasteiger partial charge in [-0.15, -0.1) is 0 Å². The van der Waals surface area contributed by atoms with Gasteiger partial charge in [-0.1, -0.05) is 63.4 Å². The number of amides is 1. The van der Waals surface area contributed by atoms with E-state index in [9.17, 15) is 18.0 Å². The average molecular weight is 548 g/mol. The van der Waals surface area contributed by atoms with E-state index in [4.69, 9.17) is 23.2 Å². The Morgan fingerprint density at radius 1 is 1.16 bits per heavy atom. The zero-order valence-electron chi connectivity index (χ0n) is 16.3. The van der Waals surface area contributed by atoms with Gasteiger partial charge in [-0.2, -0.15) is 18.3 Å². The normalized spacial score (nSPS) is 18.1. The molecule has 4 rings (SSSR count). The molecule has 2 aromatic carbocycles. The first-order valence-corrected chi connectivity index (χ1v) is 11.1. The van der Waals surface area contributed by atoms with E-state index >= 15 is 0 Å². The summed E-state index contributed by atoms with van der Waals surface area (Å²) in [5.74, 6) is -0.709. The third-order valence-corrected chi connectivity index (χ3v) is 6.29. The first-order valence-electron chi connectivity index (χ1n) is 9.53. The molecule has 2 atom stereocenters. The van der Waals surface area contributed by atoms with Crippen LogP contribution < -0.4 is 10.6 Å². The fourth-order valence-electron chi connectivity index (χ4n) is 3.52. The van der Waals surface area contributed by atoms with Crippen molar-refractivity contribution >= 4 is 50.9 Å². The predicted molar refractivity (Wildman–Crippen MR) is 120 cm³/mol. The molecule has 0 spiro atoms. The molecular weight excluding hydrogens is 532 g/mol. The molecule has 0 bridgehead atoms. The molecule has 0 radical (unpaired) electrons. The van der Waals surface area contributed by atoms with Crippen LogP contribution in [-0.2, 0) is 6.54 Å². The molecule has 32 heavy (non-hydrogen) atoms. The number of alkyl halides is 3. The van der Waals surface area contributed by atoms with Crippen molar-refractivity contribution < 1.29 is 18.0 Å². The van der Waals surface area contributed by atoms with Crippen LogP contribution in [0.25, 0.3) is 0 Å². The molecular formula is C21H16BrCl2F3N4O. The van der Waals surface area contributed by atoms with Crippen LogP contribution in [0.2, 0.25) is 10.0 Å². The molecule has 1 aliphatic rings. The van der Waals surface area contributed by atoms with Crippen LogP contribution in [0.15, 0.2) is 53.0 Å². The van der Waals surface area contributed by atoms with Gasteiger partial charge in [0.15, 0.2) is 11.7 Å². The zero-order chi connectivity index (χ0) is 23.0. The minimum atomic E-state index is -4.57. The number of carbonyl (C=O) groups excluding carboxylic acids is 1. The largest absolute Gasteiger partial charge is 0.410 e. The monoisotopic (exact) mass is 546 g/mol. The third kappa shape index (κ3) is 4.74. The second kappa shape index (κ2) is 8.96. The summed E-state index contributed by atoms with van der Waals surface area (Å²) in [4.78, 5) is 12.7. The van der Waals surface area contributed by atoms with Crippen molar-refractivity contribution in [3.05, 3.63) is 79.9 Å². The van der Waals surface area contributed by atoms with E-state index in [1.54, 1.807) is 48.5 Å². The maximum absolute atomic E-state index is 13.9. The van der Waals surface area contributed by atoms with Gasteiger partial charge >= 0.3 is 6.18 Å². The molecule has 0 unspecified atom stereocenters. The minimum Gasteiger partial charge on any atom is -0.362 e. The first kappa shape index (κ1) is 22.9. The number of benzene rings is 2. The molecule has 1 amide bonds. The molecule has 0 fully saturated rings. The van der Waals surface area contributed by atoms with Crippen molar-refractivity contribution in [1.82, 2.24) is 15.1 Å². The van der Waals surface area contributed by atoms with E-state index in [1.807, 2.05) is 0 Å². The molecule has 1 aromatic heterocycles. The lowest BCUT2D eigenvalue weighted by atomic mass is 9.97. The Labute approximate surface area is 200 Å². The highest BCUT2D eigenvalue weighted by molar-refractivity contribution is 9.10. The Bertz CT molecular complexity index is 1130. The summed E-state index contributed by atoms with van der Waals surface area (Å²) in [6, 6.07) is 11.2. The van der Waals surface area contributed by atoms with Gasteiger partial charge < -0.3 is 10.6 Å². The van der Waals surface area contributed by atoms with Crippen molar-refractivity contribution in [1.29, 1.82) is 0 Å². The molecule has 3 aromatic rings. The van der Waals surface area contributed by atoms with E-state index in [0.717, 1.165) is 14.7 Å². The molecule has 0 saturated carbocycles. The molecule has 1 aliphatic heterocycles. The molecule has 11 heteroatoms. The van der Waals surface area contributed by atoms with Crippen molar-refractivity contribution in [2.24, 2.45) is 0 Å². The lowest BCUT2D eigenvalue weighted by Gasteiger charge is -2.33. The van der Waals surface area contributed by atoms with Gasteiger partial charge in [-0.3, -0.25) is 4.79 Å². The van der Waals surface area contributed by atoms with Crippen LogP contribution in [0, 0.1) is 0 Å². The van der Waals surface area contributed by atoms with Gasteiger partial charge in [-0.05, 0) is 35.4 Å².